The van der Waals surface area contributed by atoms with Gasteiger partial charge in [0.1, 0.15) is 0 Å². The van der Waals surface area contributed by atoms with E-state index in [9.17, 15) is 24.5 Å². The van der Waals surface area contributed by atoms with Crippen LogP contribution in [0.25, 0.3) is 0 Å². The highest BCUT2D eigenvalue weighted by atomic mass is 79.9. The zero-order valence-electron chi connectivity index (χ0n) is 17.1. The van der Waals surface area contributed by atoms with E-state index >= 15 is 0 Å². The molecule has 8 nitrogen and oxygen atoms in total. The summed E-state index contributed by atoms with van der Waals surface area (Å²) in [4.78, 5) is 50.7. The van der Waals surface area contributed by atoms with E-state index in [1.807, 2.05) is 0 Å². The summed E-state index contributed by atoms with van der Waals surface area (Å²) in [6, 6.07) is 12.0. The van der Waals surface area contributed by atoms with Crippen LogP contribution in [0, 0.1) is 22.0 Å². The van der Waals surface area contributed by atoms with E-state index in [0.29, 0.717) is 18.4 Å². The predicted octanol–water partition coefficient (Wildman–Crippen LogP) is 4.73. The highest BCUT2D eigenvalue weighted by Crippen LogP contribution is 2.44. The Morgan fingerprint density at radius 1 is 1.03 bits per heavy atom. The Morgan fingerprint density at radius 3 is 2.09 bits per heavy atom. The smallest absolute Gasteiger partial charge is 0.272 e. The number of alkyl halides is 2. The number of nitrogens with zero attached hydrogens (tertiary/aromatic N) is 3. The van der Waals surface area contributed by atoms with Gasteiger partial charge >= 0.3 is 0 Å². The van der Waals surface area contributed by atoms with Gasteiger partial charge in [-0.1, -0.05) is 67.7 Å². The van der Waals surface area contributed by atoms with Gasteiger partial charge < -0.3 is 0 Å². The van der Waals surface area contributed by atoms with Crippen LogP contribution >= 0.6 is 43.5 Å². The number of hydrazine groups is 1. The van der Waals surface area contributed by atoms with Gasteiger partial charge in [0.2, 0.25) is 0 Å². The minimum atomic E-state index is -0.606. The molecule has 2 aromatic rings. The second-order valence-corrected chi connectivity index (χ2v) is 10.7. The van der Waals surface area contributed by atoms with E-state index in [4.69, 9.17) is 11.6 Å². The first kappa shape index (κ1) is 23.8. The number of rotatable bonds is 5. The summed E-state index contributed by atoms with van der Waals surface area (Å²) in [5, 5.41) is 13.2. The highest BCUT2D eigenvalue weighted by Gasteiger charge is 2.54. The van der Waals surface area contributed by atoms with E-state index < -0.39 is 34.5 Å². The Hall–Kier alpha value is -2.30. The molecule has 0 bridgehead atoms. The Bertz CT molecular complexity index is 1100. The molecule has 1 aliphatic heterocycles. The molecule has 2 fully saturated rings. The van der Waals surface area contributed by atoms with Crippen LogP contribution in [0.4, 0.5) is 5.69 Å². The summed E-state index contributed by atoms with van der Waals surface area (Å²) in [6.07, 6.45) is 0.931. The van der Waals surface area contributed by atoms with Crippen molar-refractivity contribution in [2.45, 2.75) is 29.0 Å². The molecule has 0 aromatic heterocycles. The molecule has 1 aliphatic carbocycles. The monoisotopic (exact) mass is 597 g/mol. The molecular weight excluding hydrogens is 582 g/mol. The number of halogens is 3. The van der Waals surface area contributed by atoms with Crippen molar-refractivity contribution in [2.24, 2.45) is 11.8 Å². The summed E-state index contributed by atoms with van der Waals surface area (Å²) < 4.78 is 0. The molecule has 0 N–H and O–H groups in total. The van der Waals surface area contributed by atoms with Crippen LogP contribution in [-0.2, 0) is 16.1 Å². The van der Waals surface area contributed by atoms with Crippen LogP contribution in [0.5, 0.6) is 0 Å². The van der Waals surface area contributed by atoms with E-state index in [0.717, 1.165) is 10.0 Å². The van der Waals surface area contributed by atoms with Gasteiger partial charge in [-0.25, -0.2) is 5.01 Å². The zero-order valence-corrected chi connectivity index (χ0v) is 21.0. The number of hydrogen-bond donors (Lipinski definition) is 0. The van der Waals surface area contributed by atoms with Gasteiger partial charge in [-0.2, -0.15) is 5.01 Å². The molecule has 172 valence electrons. The lowest BCUT2D eigenvalue weighted by Crippen LogP contribution is -2.49. The number of carbonyl (C=O) groups is 3. The Morgan fingerprint density at radius 2 is 1.58 bits per heavy atom. The average molecular weight is 600 g/mol. The number of nitro benzene ring substituents is 1. The summed E-state index contributed by atoms with van der Waals surface area (Å²) in [6.45, 7) is -0.131. The second-order valence-electron chi connectivity index (χ2n) is 7.97. The summed E-state index contributed by atoms with van der Waals surface area (Å²) in [5.74, 6) is -2.54. The third kappa shape index (κ3) is 4.56. The lowest BCUT2D eigenvalue weighted by atomic mass is 9.81. The highest BCUT2D eigenvalue weighted by molar-refractivity contribution is 9.12. The molecule has 11 heteroatoms. The largest absolute Gasteiger partial charge is 0.274 e. The van der Waals surface area contributed by atoms with Crippen LogP contribution in [0.15, 0.2) is 48.5 Å². The number of carbonyl (C=O) groups excluding carboxylic acids is 3. The van der Waals surface area contributed by atoms with Crippen molar-refractivity contribution >= 4 is 66.9 Å². The molecule has 2 aliphatic rings. The summed E-state index contributed by atoms with van der Waals surface area (Å²) in [5.41, 5.74) is 0.565. The van der Waals surface area contributed by atoms with Crippen LogP contribution < -0.4 is 0 Å². The van der Waals surface area contributed by atoms with Gasteiger partial charge in [-0.05, 0) is 30.5 Å². The van der Waals surface area contributed by atoms with Crippen LogP contribution in [0.3, 0.4) is 0 Å². The number of nitro groups is 1. The first-order valence-corrected chi connectivity index (χ1v) is 12.4. The first-order chi connectivity index (χ1) is 15.7. The molecule has 1 saturated carbocycles. The zero-order chi connectivity index (χ0) is 23.9. The molecule has 4 rings (SSSR count). The van der Waals surface area contributed by atoms with Crippen molar-refractivity contribution in [1.82, 2.24) is 10.0 Å². The molecule has 0 radical (unpaired) electrons. The van der Waals surface area contributed by atoms with Gasteiger partial charge in [0.05, 0.1) is 33.9 Å². The molecule has 33 heavy (non-hydrogen) atoms. The molecule has 0 unspecified atom stereocenters. The minimum absolute atomic E-state index is 0.0258. The molecule has 0 spiro atoms. The Balaban J connectivity index is 1.71. The van der Waals surface area contributed by atoms with Gasteiger partial charge in [0.15, 0.2) is 0 Å². The van der Waals surface area contributed by atoms with E-state index in [1.165, 1.54) is 30.3 Å². The third-order valence-corrected chi connectivity index (χ3v) is 9.01. The fourth-order valence-corrected chi connectivity index (χ4v) is 5.67. The van der Waals surface area contributed by atoms with E-state index in [2.05, 4.69) is 31.9 Å². The molecule has 4 atom stereocenters. The quantitative estimate of drug-likeness (QED) is 0.214. The molecule has 1 saturated heterocycles. The summed E-state index contributed by atoms with van der Waals surface area (Å²) in [7, 11) is 0. The van der Waals surface area contributed by atoms with Crippen molar-refractivity contribution in [3.8, 4) is 0 Å². The SMILES string of the molecule is O=C(c1ccccc1Cl)N(Cc1ccc([N+](=O)[O-])cc1)N1C(=O)[C@H]2C[C@@H](Br)[C@@H](Br)C[C@H]2C1=O. The Kier molecular flexibility index (Phi) is 6.88. The molecule has 3 amide bonds. The standard InChI is InChI=1S/C22H18Br2ClN3O5/c23-17-9-15-16(10-18(17)24)22(31)27(21(15)30)26(20(29)14-3-1-2-4-19(14)25)11-12-5-7-13(8-6-12)28(32)33/h1-8,15-18H,9-11H2/t15-,16+,17+,18-. The predicted molar refractivity (Wildman–Crippen MR) is 128 cm³/mol. The minimum Gasteiger partial charge on any atom is -0.272 e. The third-order valence-electron chi connectivity index (χ3n) is 5.95. The maximum absolute atomic E-state index is 13.5. The van der Waals surface area contributed by atoms with E-state index in [1.54, 1.807) is 18.2 Å². The fourth-order valence-electron chi connectivity index (χ4n) is 4.22. The number of amides is 3. The van der Waals surface area contributed by atoms with Crippen LogP contribution in [-0.4, -0.2) is 42.3 Å². The van der Waals surface area contributed by atoms with Gasteiger partial charge in [0.25, 0.3) is 23.4 Å². The van der Waals surface area contributed by atoms with Crippen molar-refractivity contribution in [3.05, 3.63) is 74.8 Å². The lowest BCUT2D eigenvalue weighted by Gasteiger charge is -2.31. The van der Waals surface area contributed by atoms with Crippen LogP contribution in [0.2, 0.25) is 5.02 Å². The maximum Gasteiger partial charge on any atom is 0.274 e. The topological polar surface area (TPSA) is 101 Å². The lowest BCUT2D eigenvalue weighted by molar-refractivity contribution is -0.384. The molecule has 1 heterocycles. The number of imide groups is 1. The average Bonchev–Trinajstić information content (AvgIpc) is 3.02. The second kappa shape index (κ2) is 9.52. The summed E-state index contributed by atoms with van der Waals surface area (Å²) >= 11 is 13.4. The van der Waals surface area contributed by atoms with Crippen molar-refractivity contribution in [3.63, 3.8) is 0 Å². The number of benzene rings is 2. The first-order valence-electron chi connectivity index (χ1n) is 10.1. The van der Waals surface area contributed by atoms with Crippen LogP contribution in [0.1, 0.15) is 28.8 Å². The van der Waals surface area contributed by atoms with Crippen molar-refractivity contribution in [2.75, 3.05) is 0 Å². The molecular formula is C22H18Br2ClN3O5. The number of hydrogen-bond acceptors (Lipinski definition) is 5. The molecule has 2 aromatic carbocycles. The maximum atomic E-state index is 13.5. The normalized spacial score (nSPS) is 24.5. The Labute approximate surface area is 211 Å². The van der Waals surface area contributed by atoms with Crippen molar-refractivity contribution in [1.29, 1.82) is 0 Å². The fraction of sp³-hybridized carbons (Fsp3) is 0.318. The van der Waals surface area contributed by atoms with E-state index in [-0.39, 0.29) is 32.5 Å². The number of non-ortho nitro benzene ring substituents is 1. The number of fused-ring (bicyclic) bond motifs is 1. The van der Waals surface area contributed by atoms with Gasteiger partial charge in [-0.3, -0.25) is 24.5 Å². The van der Waals surface area contributed by atoms with Crippen molar-refractivity contribution < 1.29 is 19.3 Å². The van der Waals surface area contributed by atoms with Gasteiger partial charge in [-0.15, -0.1) is 0 Å². The van der Waals surface area contributed by atoms with Gasteiger partial charge in [0, 0.05) is 21.8 Å².